The Hall–Kier alpha value is -2.11. The van der Waals surface area contributed by atoms with E-state index in [9.17, 15) is 75.4 Å². The Morgan fingerprint density at radius 3 is 1.35 bits per heavy atom. The number of nitrogens with zero attached hydrogens (tertiary/aromatic N) is 1. The van der Waals surface area contributed by atoms with Gasteiger partial charge < -0.3 is 9.64 Å². The van der Waals surface area contributed by atoms with Crippen LogP contribution in [0.25, 0.3) is 0 Å². The number of carbonyl (C=O) groups is 2. The van der Waals surface area contributed by atoms with Crippen molar-refractivity contribution in [1.82, 2.24) is 4.90 Å². The fourth-order valence-corrected chi connectivity index (χ4v) is 4.18. The summed E-state index contributed by atoms with van der Waals surface area (Å²) in [5.74, 6) is -54.4. The largest absolute Gasteiger partial charge is 0.464 e. The Balaban J connectivity index is 5.84. The minimum atomic E-state index is -8.52. The number of likely N-dealkylation sites (N-methyl/N-ethyl adjacent to an activating group) is 1. The van der Waals surface area contributed by atoms with Crippen molar-refractivity contribution in [2.75, 3.05) is 13.7 Å². The standard InChI is InChI=1S/C27H38F15NO3/c1-5-6-7-8-9-10-11-12-13-14-15-46-19(44)18(16-17(2)3)43(4)20(45)21(28,29)22(30,31)23(32,33)24(34,35)25(36,37)26(38,39)27(40,41)42/h17-18H,5-16H2,1-4H3. The van der Waals surface area contributed by atoms with Gasteiger partial charge in [-0.2, -0.15) is 65.9 Å². The molecule has 0 aliphatic heterocycles. The molecule has 0 aromatic rings. The van der Waals surface area contributed by atoms with Gasteiger partial charge in [-0.3, -0.25) is 4.79 Å². The second kappa shape index (κ2) is 16.3. The monoisotopic (exact) mass is 709 g/mol. The van der Waals surface area contributed by atoms with Crippen LogP contribution in [0.1, 0.15) is 91.4 Å². The van der Waals surface area contributed by atoms with Gasteiger partial charge in [0.05, 0.1) is 6.61 Å². The summed E-state index contributed by atoms with van der Waals surface area (Å²) in [6.45, 7) is 4.32. The third-order valence-corrected chi connectivity index (χ3v) is 7.09. The predicted molar refractivity (Wildman–Crippen MR) is 135 cm³/mol. The molecule has 0 saturated heterocycles. The molecule has 1 amide bonds. The van der Waals surface area contributed by atoms with E-state index in [0.717, 1.165) is 44.9 Å². The lowest BCUT2D eigenvalue weighted by Crippen LogP contribution is -2.74. The SMILES string of the molecule is CCCCCCCCCCCCOC(=O)C(CC(C)C)N(C)C(=O)C(F)(F)C(F)(F)C(F)(F)C(F)(F)C(F)(F)C(F)(F)C(F)(F)F. The van der Waals surface area contributed by atoms with Crippen LogP contribution in [-0.2, 0) is 14.3 Å². The van der Waals surface area contributed by atoms with Crippen molar-refractivity contribution in [2.45, 2.75) is 139 Å². The van der Waals surface area contributed by atoms with Gasteiger partial charge in [0.15, 0.2) is 0 Å². The molecule has 0 aliphatic carbocycles. The highest BCUT2D eigenvalue weighted by molar-refractivity contribution is 5.89. The molecule has 1 unspecified atom stereocenters. The average molecular weight is 710 g/mol. The molecule has 0 spiro atoms. The Labute approximate surface area is 256 Å². The van der Waals surface area contributed by atoms with Gasteiger partial charge in [-0.1, -0.05) is 78.6 Å². The van der Waals surface area contributed by atoms with Crippen LogP contribution >= 0.6 is 0 Å². The maximum Gasteiger partial charge on any atom is 0.460 e. The summed E-state index contributed by atoms with van der Waals surface area (Å²) in [7, 11) is 0.157. The first kappa shape index (κ1) is 43.9. The van der Waals surface area contributed by atoms with Crippen molar-refractivity contribution in [3.8, 4) is 0 Å². The van der Waals surface area contributed by atoms with E-state index in [1.165, 1.54) is 13.8 Å². The first-order chi connectivity index (χ1) is 20.6. The number of hydrogen-bond donors (Lipinski definition) is 0. The van der Waals surface area contributed by atoms with Gasteiger partial charge in [0.25, 0.3) is 5.91 Å². The van der Waals surface area contributed by atoms with Crippen molar-refractivity contribution >= 4 is 11.9 Å². The zero-order valence-corrected chi connectivity index (χ0v) is 25.5. The van der Waals surface area contributed by atoms with Crippen molar-refractivity contribution in [1.29, 1.82) is 0 Å². The lowest BCUT2D eigenvalue weighted by Gasteiger charge is -2.42. The van der Waals surface area contributed by atoms with Gasteiger partial charge in [0, 0.05) is 7.05 Å². The molecular weight excluding hydrogens is 671 g/mol. The quantitative estimate of drug-likeness (QED) is 0.0678. The molecule has 46 heavy (non-hydrogen) atoms. The molecule has 19 heteroatoms. The summed E-state index contributed by atoms with van der Waals surface area (Å²) < 4.78 is 208. The molecule has 4 nitrogen and oxygen atoms in total. The van der Waals surface area contributed by atoms with Crippen LogP contribution in [0.3, 0.4) is 0 Å². The number of hydrogen-bond acceptors (Lipinski definition) is 3. The Bertz CT molecular complexity index is 969. The topological polar surface area (TPSA) is 46.6 Å². The second-order valence-electron chi connectivity index (χ2n) is 11.4. The van der Waals surface area contributed by atoms with E-state index in [4.69, 9.17) is 4.74 Å². The van der Waals surface area contributed by atoms with Crippen LogP contribution in [0.4, 0.5) is 65.9 Å². The third-order valence-electron chi connectivity index (χ3n) is 7.09. The number of esters is 1. The predicted octanol–water partition coefficient (Wildman–Crippen LogP) is 9.70. The number of alkyl halides is 15. The Morgan fingerprint density at radius 1 is 0.587 bits per heavy atom. The summed E-state index contributed by atoms with van der Waals surface area (Å²) in [6, 6.07) is -2.25. The number of ether oxygens (including phenoxy) is 1. The highest BCUT2D eigenvalue weighted by Crippen LogP contribution is 2.62. The number of amides is 1. The maximum absolute atomic E-state index is 14.5. The summed E-state index contributed by atoms with van der Waals surface area (Å²) in [5, 5.41) is 0. The van der Waals surface area contributed by atoms with Crippen LogP contribution in [0.2, 0.25) is 0 Å². The number of carbonyl (C=O) groups excluding carboxylic acids is 2. The molecule has 0 bridgehead atoms. The lowest BCUT2D eigenvalue weighted by atomic mass is 9.90. The number of halogens is 15. The fourth-order valence-electron chi connectivity index (χ4n) is 4.18. The molecule has 0 N–H and O–H groups in total. The first-order valence-electron chi connectivity index (χ1n) is 14.4. The van der Waals surface area contributed by atoms with Crippen LogP contribution < -0.4 is 0 Å². The number of unbranched alkanes of at least 4 members (excludes halogenated alkanes) is 9. The zero-order valence-electron chi connectivity index (χ0n) is 25.5. The molecule has 0 radical (unpaired) electrons. The second-order valence-corrected chi connectivity index (χ2v) is 11.4. The van der Waals surface area contributed by atoms with Gasteiger partial charge in [0.1, 0.15) is 6.04 Å². The average Bonchev–Trinajstić information content (AvgIpc) is 2.92. The molecular formula is C27H38F15NO3. The third kappa shape index (κ3) is 9.28. The fraction of sp³-hybridized carbons (Fsp3) is 0.926. The summed E-state index contributed by atoms with van der Waals surface area (Å²) in [5.41, 5.74) is 0. The molecule has 1 atom stereocenters. The van der Waals surface area contributed by atoms with Crippen LogP contribution in [-0.4, -0.2) is 78.2 Å². The molecule has 0 aromatic heterocycles. The van der Waals surface area contributed by atoms with Crippen molar-refractivity contribution in [2.24, 2.45) is 5.92 Å². The molecule has 0 heterocycles. The van der Waals surface area contributed by atoms with Crippen molar-refractivity contribution in [3.05, 3.63) is 0 Å². The highest BCUT2D eigenvalue weighted by atomic mass is 19.4. The number of rotatable bonds is 21. The van der Waals surface area contributed by atoms with E-state index in [2.05, 4.69) is 6.92 Å². The van der Waals surface area contributed by atoms with Gasteiger partial charge >= 0.3 is 47.7 Å². The van der Waals surface area contributed by atoms with Crippen molar-refractivity contribution < 1.29 is 80.2 Å². The van der Waals surface area contributed by atoms with Gasteiger partial charge in [0.2, 0.25) is 0 Å². The van der Waals surface area contributed by atoms with E-state index in [1.54, 1.807) is 0 Å². The minimum absolute atomic E-state index is 0.157. The van der Waals surface area contributed by atoms with E-state index in [0.29, 0.717) is 12.8 Å². The molecule has 0 fully saturated rings. The van der Waals surface area contributed by atoms with E-state index < -0.39 is 76.9 Å². The minimum Gasteiger partial charge on any atom is -0.464 e. The molecule has 0 aliphatic rings. The van der Waals surface area contributed by atoms with Crippen molar-refractivity contribution in [3.63, 3.8) is 0 Å². The summed E-state index contributed by atoms with van der Waals surface area (Å²) >= 11 is 0. The van der Waals surface area contributed by atoms with Gasteiger partial charge in [-0.25, -0.2) is 4.79 Å². The normalized spacial score (nSPS) is 14.9. The summed E-state index contributed by atoms with van der Waals surface area (Å²) in [6.07, 6.45) is 0.260. The zero-order chi connectivity index (χ0) is 36.6. The van der Waals surface area contributed by atoms with Crippen LogP contribution in [0, 0.1) is 5.92 Å². The van der Waals surface area contributed by atoms with E-state index in [-0.39, 0.29) is 20.1 Å². The Kier molecular flexibility index (Phi) is 15.6. The molecule has 274 valence electrons. The Morgan fingerprint density at radius 2 is 0.957 bits per heavy atom. The highest BCUT2D eigenvalue weighted by Gasteiger charge is 2.94. The lowest BCUT2D eigenvalue weighted by molar-refractivity contribution is -0.449. The smallest absolute Gasteiger partial charge is 0.460 e. The van der Waals surface area contributed by atoms with E-state index >= 15 is 0 Å². The van der Waals surface area contributed by atoms with Gasteiger partial charge in [-0.05, 0) is 18.8 Å². The first-order valence-corrected chi connectivity index (χ1v) is 14.4. The summed E-state index contributed by atoms with van der Waals surface area (Å²) in [4.78, 5) is 24.2. The van der Waals surface area contributed by atoms with Crippen LogP contribution in [0.15, 0.2) is 0 Å². The molecule has 0 saturated carbocycles. The van der Waals surface area contributed by atoms with E-state index in [1.807, 2.05) is 0 Å². The molecule has 0 rings (SSSR count). The molecule has 0 aromatic carbocycles. The maximum atomic E-state index is 14.5. The van der Waals surface area contributed by atoms with Crippen LogP contribution in [0.5, 0.6) is 0 Å². The van der Waals surface area contributed by atoms with Gasteiger partial charge in [-0.15, -0.1) is 0 Å².